The highest BCUT2D eigenvalue weighted by Crippen LogP contribution is 2.43. The molecule has 0 fully saturated rings. The molecule has 0 saturated carbocycles. The molecule has 302 valence electrons. The van der Waals surface area contributed by atoms with E-state index in [-0.39, 0.29) is 25.6 Å². The Morgan fingerprint density at radius 1 is 0.608 bits per heavy atom. The van der Waals surface area contributed by atoms with Gasteiger partial charge in [-0.2, -0.15) is 0 Å². The van der Waals surface area contributed by atoms with Crippen molar-refractivity contribution in [1.82, 2.24) is 0 Å². The topological polar surface area (TPSA) is 132 Å². The summed E-state index contributed by atoms with van der Waals surface area (Å²) in [6.45, 7) is 3.48. The number of esters is 1. The smallest absolute Gasteiger partial charge is 0.457 e. The summed E-state index contributed by atoms with van der Waals surface area (Å²) in [6.07, 6.45) is 38.7. The predicted octanol–water partition coefficient (Wildman–Crippen LogP) is 11.1. The molecule has 51 heavy (non-hydrogen) atoms. The van der Waals surface area contributed by atoms with Crippen LogP contribution in [0.15, 0.2) is 24.3 Å². The molecular formula is C41H79O9P. The molecule has 0 aromatic rings. The van der Waals surface area contributed by atoms with E-state index in [1.807, 2.05) is 0 Å². The Kier molecular flexibility index (Phi) is 37.9. The van der Waals surface area contributed by atoms with E-state index in [0.29, 0.717) is 6.61 Å². The quantitative estimate of drug-likeness (QED) is 0.0242. The number of allylic oxidation sites excluding steroid dienone is 4. The molecule has 0 bridgehead atoms. The number of phosphoric acid groups is 1. The van der Waals surface area contributed by atoms with Crippen LogP contribution in [0, 0.1) is 0 Å². The number of aliphatic hydroxyl groups is 2. The van der Waals surface area contributed by atoms with Crippen molar-refractivity contribution in [3.8, 4) is 0 Å². The van der Waals surface area contributed by atoms with E-state index in [9.17, 15) is 19.4 Å². The molecule has 0 amide bonds. The Morgan fingerprint density at radius 3 is 1.57 bits per heavy atom. The maximum absolute atomic E-state index is 12.5. The first-order valence-corrected chi connectivity index (χ1v) is 22.3. The zero-order valence-electron chi connectivity index (χ0n) is 32.8. The fourth-order valence-electron chi connectivity index (χ4n) is 5.68. The molecule has 0 aliphatic rings. The van der Waals surface area contributed by atoms with Crippen molar-refractivity contribution >= 4 is 13.8 Å². The second-order valence-electron chi connectivity index (χ2n) is 14.0. The number of phosphoric ester groups is 1. The van der Waals surface area contributed by atoms with Gasteiger partial charge in [0.25, 0.3) is 0 Å². The number of ether oxygens (including phenoxy) is 2. The number of hydrogen-bond acceptors (Lipinski definition) is 8. The van der Waals surface area contributed by atoms with E-state index in [0.717, 1.165) is 44.9 Å². The number of hydrogen-bond donors (Lipinski definition) is 3. The number of carbonyl (C=O) groups excluding carboxylic acids is 1. The fourth-order valence-corrected chi connectivity index (χ4v) is 6.47. The SMILES string of the molecule is CCCCCCC/C=C\C/C=C\CCCCCCCCCCCCOCC(COP(=O)(O)OCC(O)CO)OC(=O)CCCCCCCCCC. The van der Waals surface area contributed by atoms with Gasteiger partial charge in [0, 0.05) is 13.0 Å². The monoisotopic (exact) mass is 747 g/mol. The molecular weight excluding hydrogens is 667 g/mol. The van der Waals surface area contributed by atoms with Gasteiger partial charge in [-0.1, -0.05) is 160 Å². The highest BCUT2D eigenvalue weighted by atomic mass is 31.2. The summed E-state index contributed by atoms with van der Waals surface area (Å²) in [5.74, 6) is -0.388. The molecule has 0 aliphatic carbocycles. The van der Waals surface area contributed by atoms with E-state index in [1.165, 1.54) is 122 Å². The van der Waals surface area contributed by atoms with Crippen molar-refractivity contribution in [2.75, 3.05) is 33.0 Å². The summed E-state index contributed by atoms with van der Waals surface area (Å²) in [6, 6.07) is 0. The van der Waals surface area contributed by atoms with Crippen LogP contribution < -0.4 is 0 Å². The lowest BCUT2D eigenvalue weighted by Gasteiger charge is -2.20. The van der Waals surface area contributed by atoms with E-state index >= 15 is 0 Å². The van der Waals surface area contributed by atoms with Gasteiger partial charge in [0.05, 0.1) is 26.4 Å². The molecule has 3 atom stereocenters. The number of carbonyl (C=O) groups is 1. The van der Waals surface area contributed by atoms with Gasteiger partial charge in [-0.3, -0.25) is 13.8 Å². The standard InChI is InChI=1S/C41H79O9P/c1-3-5-7-9-11-13-14-15-16-17-18-19-20-21-22-23-24-25-26-28-30-32-34-47-37-40(38-49-51(45,46)48-36-39(43)35-42)50-41(44)33-31-29-27-12-10-8-6-4-2/h14-15,17-18,39-40,42-43H,3-13,16,19-38H2,1-2H3,(H,45,46)/b15-14-,18-17-. The summed E-state index contributed by atoms with van der Waals surface area (Å²) in [7, 11) is -4.51. The van der Waals surface area contributed by atoms with Crippen molar-refractivity contribution in [1.29, 1.82) is 0 Å². The third-order valence-electron chi connectivity index (χ3n) is 8.89. The Hall–Kier alpha value is -1.06. The molecule has 0 saturated heterocycles. The Balaban J connectivity index is 4.02. The summed E-state index contributed by atoms with van der Waals surface area (Å²) < 4.78 is 33.2. The molecule has 0 radical (unpaired) electrons. The summed E-state index contributed by atoms with van der Waals surface area (Å²) in [5.41, 5.74) is 0. The maximum Gasteiger partial charge on any atom is 0.472 e. The van der Waals surface area contributed by atoms with Crippen molar-refractivity contribution in [2.24, 2.45) is 0 Å². The zero-order chi connectivity index (χ0) is 37.5. The molecule has 3 N–H and O–H groups in total. The van der Waals surface area contributed by atoms with Gasteiger partial charge in [0.1, 0.15) is 12.2 Å². The molecule has 0 aromatic heterocycles. The minimum Gasteiger partial charge on any atom is -0.457 e. The van der Waals surface area contributed by atoms with Crippen molar-refractivity contribution in [2.45, 2.75) is 199 Å². The molecule has 0 aromatic carbocycles. The highest BCUT2D eigenvalue weighted by molar-refractivity contribution is 7.47. The van der Waals surface area contributed by atoms with Gasteiger partial charge in [-0.15, -0.1) is 0 Å². The van der Waals surface area contributed by atoms with Gasteiger partial charge in [0.2, 0.25) is 0 Å². The normalized spacial score (nSPS) is 14.4. The second-order valence-corrected chi connectivity index (χ2v) is 15.5. The molecule has 0 aliphatic heterocycles. The summed E-state index contributed by atoms with van der Waals surface area (Å²) in [4.78, 5) is 22.4. The first-order valence-electron chi connectivity index (χ1n) is 20.8. The molecule has 0 heterocycles. The van der Waals surface area contributed by atoms with Crippen molar-refractivity contribution < 1.29 is 43.0 Å². The summed E-state index contributed by atoms with van der Waals surface area (Å²) >= 11 is 0. The predicted molar refractivity (Wildman–Crippen MR) is 210 cm³/mol. The van der Waals surface area contributed by atoms with Gasteiger partial charge in [-0.05, 0) is 44.9 Å². The lowest BCUT2D eigenvalue weighted by molar-refractivity contribution is -0.154. The van der Waals surface area contributed by atoms with Crippen molar-refractivity contribution in [3.05, 3.63) is 24.3 Å². The fraction of sp³-hybridized carbons (Fsp3) is 0.878. The molecule has 3 unspecified atom stereocenters. The molecule has 0 spiro atoms. The highest BCUT2D eigenvalue weighted by Gasteiger charge is 2.26. The van der Waals surface area contributed by atoms with E-state index < -0.39 is 33.2 Å². The largest absolute Gasteiger partial charge is 0.472 e. The first-order chi connectivity index (χ1) is 24.8. The zero-order valence-corrected chi connectivity index (χ0v) is 33.7. The molecule has 10 heteroatoms. The van der Waals surface area contributed by atoms with E-state index in [1.54, 1.807) is 0 Å². The third kappa shape index (κ3) is 38.5. The average Bonchev–Trinajstić information content (AvgIpc) is 3.12. The van der Waals surface area contributed by atoms with Gasteiger partial charge >= 0.3 is 13.8 Å². The van der Waals surface area contributed by atoms with Gasteiger partial charge in [0.15, 0.2) is 0 Å². The van der Waals surface area contributed by atoms with Crippen LogP contribution in [0.3, 0.4) is 0 Å². The number of rotatable bonds is 40. The van der Waals surface area contributed by atoms with Crippen LogP contribution in [-0.4, -0.2) is 66.3 Å². The second kappa shape index (κ2) is 38.7. The first kappa shape index (κ1) is 49.9. The van der Waals surface area contributed by atoms with Crippen LogP contribution in [0.25, 0.3) is 0 Å². The Morgan fingerprint density at radius 2 is 1.06 bits per heavy atom. The molecule has 9 nitrogen and oxygen atoms in total. The average molecular weight is 747 g/mol. The van der Waals surface area contributed by atoms with E-state index in [4.69, 9.17) is 23.6 Å². The van der Waals surface area contributed by atoms with Crippen molar-refractivity contribution in [3.63, 3.8) is 0 Å². The Labute approximate surface area is 313 Å². The summed E-state index contributed by atoms with van der Waals surface area (Å²) in [5, 5.41) is 18.3. The minimum absolute atomic E-state index is 0.0501. The van der Waals surface area contributed by atoms with Crippen LogP contribution in [-0.2, 0) is 27.9 Å². The Bertz CT molecular complexity index is 851. The minimum atomic E-state index is -4.51. The van der Waals surface area contributed by atoms with Crippen LogP contribution in [0.4, 0.5) is 0 Å². The van der Waals surface area contributed by atoms with Crippen LogP contribution >= 0.6 is 7.82 Å². The third-order valence-corrected chi connectivity index (χ3v) is 9.84. The van der Waals surface area contributed by atoms with Gasteiger partial charge in [-0.25, -0.2) is 4.57 Å². The number of unbranched alkanes of at least 4 members (excludes halogenated alkanes) is 22. The van der Waals surface area contributed by atoms with E-state index in [2.05, 4.69) is 38.2 Å². The van der Waals surface area contributed by atoms with Crippen LogP contribution in [0.5, 0.6) is 0 Å². The van der Waals surface area contributed by atoms with Crippen LogP contribution in [0.1, 0.15) is 187 Å². The van der Waals surface area contributed by atoms with Gasteiger partial charge < -0.3 is 24.6 Å². The number of aliphatic hydroxyl groups excluding tert-OH is 2. The lowest BCUT2D eigenvalue weighted by atomic mass is 10.1. The molecule has 0 rings (SSSR count). The van der Waals surface area contributed by atoms with Crippen LogP contribution in [0.2, 0.25) is 0 Å². The maximum atomic E-state index is 12.5. The lowest BCUT2D eigenvalue weighted by Crippen LogP contribution is -2.29.